The van der Waals surface area contributed by atoms with Crippen molar-refractivity contribution in [2.75, 3.05) is 4.90 Å². The number of phenols is 3. The van der Waals surface area contributed by atoms with Crippen LogP contribution in [0.4, 0.5) is 17.1 Å². The fraction of sp³-hybridized carbons (Fsp3) is 0.143. The van der Waals surface area contributed by atoms with E-state index in [4.69, 9.17) is 4.74 Å². The van der Waals surface area contributed by atoms with Gasteiger partial charge in [-0.1, -0.05) is 24.3 Å². The Morgan fingerprint density at radius 1 is 0.545 bits per heavy atom. The lowest BCUT2D eigenvalue weighted by atomic mass is 10.1. The van der Waals surface area contributed by atoms with E-state index < -0.39 is 0 Å². The van der Waals surface area contributed by atoms with Crippen LogP contribution in [0, 0.1) is 27.7 Å². The maximum Gasteiger partial charge on any atom is 0.151 e. The fourth-order valence-corrected chi connectivity index (χ4v) is 3.77. The van der Waals surface area contributed by atoms with Crippen LogP contribution in [-0.2, 0) is 0 Å². The lowest BCUT2D eigenvalue weighted by Crippen LogP contribution is -2.12. The van der Waals surface area contributed by atoms with Gasteiger partial charge >= 0.3 is 0 Å². The maximum atomic E-state index is 10.8. The Bertz CT molecular complexity index is 1280. The largest absolute Gasteiger partial charge is 0.508 e. The van der Waals surface area contributed by atoms with Gasteiger partial charge in [0.1, 0.15) is 23.0 Å². The average Bonchev–Trinajstić information content (AvgIpc) is 2.77. The van der Waals surface area contributed by atoms with Crippen LogP contribution in [0.25, 0.3) is 0 Å². The SMILES string of the molecule is Cc1cc(O)c(C)c(Oc2ccccc2N(c2cc(C)ccc2O)c2cc(C)ccc2O)c1. The van der Waals surface area contributed by atoms with Crippen LogP contribution >= 0.6 is 0 Å². The Morgan fingerprint density at radius 3 is 1.73 bits per heavy atom. The number of nitrogens with zero attached hydrogens (tertiary/aromatic N) is 1. The molecule has 0 amide bonds. The van der Waals surface area contributed by atoms with E-state index in [0.717, 1.165) is 16.7 Å². The highest BCUT2D eigenvalue weighted by molar-refractivity contribution is 5.86. The molecule has 5 heteroatoms. The zero-order valence-corrected chi connectivity index (χ0v) is 19.1. The van der Waals surface area contributed by atoms with E-state index in [-0.39, 0.29) is 17.2 Å². The van der Waals surface area contributed by atoms with Crippen molar-refractivity contribution in [3.63, 3.8) is 0 Å². The van der Waals surface area contributed by atoms with E-state index in [9.17, 15) is 15.3 Å². The molecule has 3 N–H and O–H groups in total. The zero-order valence-electron chi connectivity index (χ0n) is 19.1. The van der Waals surface area contributed by atoms with Crippen molar-refractivity contribution in [2.45, 2.75) is 27.7 Å². The van der Waals surface area contributed by atoms with Crippen molar-refractivity contribution in [3.05, 3.63) is 95.1 Å². The first-order valence-corrected chi connectivity index (χ1v) is 10.7. The smallest absolute Gasteiger partial charge is 0.151 e. The van der Waals surface area contributed by atoms with Crippen molar-refractivity contribution in [1.82, 2.24) is 0 Å². The molecule has 0 spiro atoms. The number of hydrogen-bond acceptors (Lipinski definition) is 5. The second-order valence-corrected chi connectivity index (χ2v) is 8.30. The van der Waals surface area contributed by atoms with E-state index in [2.05, 4.69) is 0 Å². The van der Waals surface area contributed by atoms with Gasteiger partial charge in [-0.2, -0.15) is 0 Å². The van der Waals surface area contributed by atoms with Gasteiger partial charge in [0.25, 0.3) is 0 Å². The molecule has 0 aliphatic rings. The van der Waals surface area contributed by atoms with Gasteiger partial charge in [-0.15, -0.1) is 0 Å². The Kier molecular flexibility index (Phi) is 5.88. The first-order valence-electron chi connectivity index (χ1n) is 10.7. The van der Waals surface area contributed by atoms with E-state index in [0.29, 0.717) is 34.1 Å². The number of aryl methyl sites for hydroxylation is 3. The Hall–Kier alpha value is -4.12. The summed E-state index contributed by atoms with van der Waals surface area (Å²) in [6.07, 6.45) is 0. The molecule has 0 bridgehead atoms. The van der Waals surface area contributed by atoms with Gasteiger partial charge < -0.3 is 20.1 Å². The van der Waals surface area contributed by atoms with Gasteiger partial charge in [-0.3, -0.25) is 4.90 Å². The maximum absolute atomic E-state index is 10.8. The molecule has 0 aliphatic heterocycles. The predicted octanol–water partition coefficient (Wildman–Crippen LogP) is 7.30. The minimum absolute atomic E-state index is 0.0701. The van der Waals surface area contributed by atoms with Crippen molar-refractivity contribution < 1.29 is 20.1 Å². The standard InChI is InChI=1S/C28H27NO4/c1-17-9-11-24(30)22(13-17)29(23-14-18(2)10-12-25(23)31)21-7-5-6-8-27(21)33-28-16-19(3)15-26(32)20(28)4/h5-16,30-32H,1-4H3. The molecule has 0 saturated heterocycles. The van der Waals surface area contributed by atoms with Crippen LogP contribution in [0.15, 0.2) is 72.8 Å². The van der Waals surface area contributed by atoms with Gasteiger partial charge in [0, 0.05) is 5.56 Å². The number of benzene rings is 4. The second-order valence-electron chi connectivity index (χ2n) is 8.30. The summed E-state index contributed by atoms with van der Waals surface area (Å²) in [7, 11) is 0. The minimum Gasteiger partial charge on any atom is -0.508 e. The first-order chi connectivity index (χ1) is 15.7. The molecule has 0 aliphatic carbocycles. The number of ether oxygens (including phenoxy) is 1. The third-order valence-corrected chi connectivity index (χ3v) is 5.55. The normalized spacial score (nSPS) is 10.8. The van der Waals surface area contributed by atoms with Crippen molar-refractivity contribution >= 4 is 17.1 Å². The lowest BCUT2D eigenvalue weighted by Gasteiger charge is -2.29. The number of rotatable bonds is 5. The zero-order chi connectivity index (χ0) is 23.7. The van der Waals surface area contributed by atoms with Gasteiger partial charge in [0.2, 0.25) is 0 Å². The number of aromatic hydroxyl groups is 3. The van der Waals surface area contributed by atoms with E-state index >= 15 is 0 Å². The average molecular weight is 442 g/mol. The molecule has 168 valence electrons. The number of hydrogen-bond donors (Lipinski definition) is 3. The summed E-state index contributed by atoms with van der Waals surface area (Å²) in [4.78, 5) is 1.78. The van der Waals surface area contributed by atoms with Crippen molar-refractivity contribution in [3.8, 4) is 28.7 Å². The van der Waals surface area contributed by atoms with E-state index in [1.807, 2.05) is 75.4 Å². The second kappa shape index (κ2) is 8.79. The van der Waals surface area contributed by atoms with Crippen LogP contribution < -0.4 is 9.64 Å². The highest BCUT2D eigenvalue weighted by Gasteiger charge is 2.23. The van der Waals surface area contributed by atoms with Crippen molar-refractivity contribution in [2.24, 2.45) is 0 Å². The van der Waals surface area contributed by atoms with Crippen LogP contribution in [0.5, 0.6) is 28.7 Å². The molecule has 33 heavy (non-hydrogen) atoms. The Labute approximate surface area is 193 Å². The summed E-state index contributed by atoms with van der Waals surface area (Å²) in [5.74, 6) is 1.34. The number of anilines is 3. The van der Waals surface area contributed by atoms with Crippen LogP contribution in [0.3, 0.4) is 0 Å². The van der Waals surface area contributed by atoms with Crippen molar-refractivity contribution in [1.29, 1.82) is 0 Å². The molecule has 0 fully saturated rings. The number of phenolic OH excluding ortho intramolecular Hbond substituents is 3. The highest BCUT2D eigenvalue weighted by Crippen LogP contribution is 2.48. The van der Waals surface area contributed by atoms with Gasteiger partial charge in [0.05, 0.1) is 17.1 Å². The van der Waals surface area contributed by atoms with E-state index in [1.54, 1.807) is 30.0 Å². The fourth-order valence-electron chi connectivity index (χ4n) is 3.77. The molecular formula is C28H27NO4. The molecule has 4 aromatic carbocycles. The molecule has 4 aromatic rings. The highest BCUT2D eigenvalue weighted by atomic mass is 16.5. The molecule has 0 unspecified atom stereocenters. The molecule has 0 saturated carbocycles. The molecule has 0 radical (unpaired) electrons. The van der Waals surface area contributed by atoms with Crippen LogP contribution in [0.1, 0.15) is 22.3 Å². The summed E-state index contributed by atoms with van der Waals surface area (Å²) < 4.78 is 6.30. The molecule has 5 nitrogen and oxygen atoms in total. The summed E-state index contributed by atoms with van der Waals surface area (Å²) in [6.45, 7) is 7.57. The minimum atomic E-state index is 0.0701. The monoisotopic (exact) mass is 441 g/mol. The molecule has 0 aromatic heterocycles. The molecule has 0 atom stereocenters. The summed E-state index contributed by atoms with van der Waals surface area (Å²) >= 11 is 0. The molecule has 4 rings (SSSR count). The number of para-hydroxylation sites is 2. The Morgan fingerprint density at radius 2 is 1.12 bits per heavy atom. The summed E-state index contributed by atoms with van der Waals surface area (Å²) in [6, 6.07) is 21.6. The third kappa shape index (κ3) is 4.44. The van der Waals surface area contributed by atoms with Gasteiger partial charge in [-0.05, 0) is 92.9 Å². The molecule has 0 heterocycles. The summed E-state index contributed by atoms with van der Waals surface area (Å²) in [5, 5.41) is 31.8. The van der Waals surface area contributed by atoms with Crippen LogP contribution in [0.2, 0.25) is 0 Å². The Balaban J connectivity index is 1.95. The third-order valence-electron chi connectivity index (χ3n) is 5.55. The molecular weight excluding hydrogens is 414 g/mol. The lowest BCUT2D eigenvalue weighted by molar-refractivity contribution is 0.447. The topological polar surface area (TPSA) is 73.2 Å². The quantitative estimate of drug-likeness (QED) is 0.303. The predicted molar refractivity (Wildman–Crippen MR) is 132 cm³/mol. The van der Waals surface area contributed by atoms with Gasteiger partial charge in [0.15, 0.2) is 5.75 Å². The summed E-state index contributed by atoms with van der Waals surface area (Å²) in [5.41, 5.74) is 5.05. The van der Waals surface area contributed by atoms with E-state index in [1.165, 1.54) is 0 Å². The van der Waals surface area contributed by atoms with Gasteiger partial charge in [-0.25, -0.2) is 0 Å². The first kappa shape index (κ1) is 22.1. The van der Waals surface area contributed by atoms with Crippen LogP contribution in [-0.4, -0.2) is 15.3 Å².